The molecule has 0 saturated heterocycles. The van der Waals surface area contributed by atoms with Crippen LogP contribution in [0.4, 0.5) is 0 Å². The zero-order chi connectivity index (χ0) is 15.5. The molecule has 3 rings (SSSR count). The molecule has 0 radical (unpaired) electrons. The van der Waals surface area contributed by atoms with Gasteiger partial charge in [-0.2, -0.15) is 10.1 Å². The Morgan fingerprint density at radius 3 is 2.82 bits per heavy atom. The Hall–Kier alpha value is -2.21. The molecule has 0 saturated carbocycles. The molecule has 116 valence electrons. The van der Waals surface area contributed by atoms with Crippen molar-refractivity contribution in [1.29, 1.82) is 0 Å². The molecule has 1 aliphatic heterocycles. The minimum absolute atomic E-state index is 0.0462. The summed E-state index contributed by atoms with van der Waals surface area (Å²) < 4.78 is 5.36. The van der Waals surface area contributed by atoms with E-state index in [4.69, 9.17) is 4.52 Å². The van der Waals surface area contributed by atoms with Crippen molar-refractivity contribution in [3.8, 4) is 11.4 Å². The Kier molecular flexibility index (Phi) is 4.20. The smallest absolute Gasteiger partial charge is 0.274 e. The second kappa shape index (κ2) is 6.27. The monoisotopic (exact) mass is 300 g/mol. The number of aliphatic hydroxyl groups excluding tert-OH is 1. The Balaban J connectivity index is 1.88. The first kappa shape index (κ1) is 14.7. The zero-order valence-electron chi connectivity index (χ0n) is 12.9. The van der Waals surface area contributed by atoms with Crippen molar-refractivity contribution in [2.24, 2.45) is 5.10 Å². The molecule has 6 heteroatoms. The maximum atomic E-state index is 9.34. The molecule has 22 heavy (non-hydrogen) atoms. The maximum absolute atomic E-state index is 9.34. The van der Waals surface area contributed by atoms with Gasteiger partial charge in [0.05, 0.1) is 6.61 Å². The molecule has 1 N–H and O–H groups in total. The summed E-state index contributed by atoms with van der Waals surface area (Å²) in [6.07, 6.45) is 1.69. The fraction of sp³-hybridized carbons (Fsp3) is 0.438. The van der Waals surface area contributed by atoms with Crippen LogP contribution in [0.15, 0.2) is 27.8 Å². The van der Waals surface area contributed by atoms with E-state index in [1.165, 1.54) is 0 Å². The van der Waals surface area contributed by atoms with Crippen LogP contribution in [-0.2, 0) is 13.0 Å². The van der Waals surface area contributed by atoms with Crippen molar-refractivity contribution in [2.75, 3.05) is 13.1 Å². The molecule has 1 aromatic carbocycles. The summed E-state index contributed by atoms with van der Waals surface area (Å²) in [6, 6.07) is 5.83. The molecule has 0 aliphatic carbocycles. The summed E-state index contributed by atoms with van der Waals surface area (Å²) in [4.78, 5) is 4.46. The van der Waals surface area contributed by atoms with E-state index in [9.17, 15) is 5.11 Å². The van der Waals surface area contributed by atoms with Crippen molar-refractivity contribution in [3.63, 3.8) is 0 Å². The largest absolute Gasteiger partial charge is 0.392 e. The zero-order valence-corrected chi connectivity index (χ0v) is 12.9. The first-order valence-electron chi connectivity index (χ1n) is 7.64. The van der Waals surface area contributed by atoms with E-state index in [2.05, 4.69) is 29.1 Å². The average molecular weight is 300 g/mol. The summed E-state index contributed by atoms with van der Waals surface area (Å²) in [5, 5.41) is 19.9. The highest BCUT2D eigenvalue weighted by Gasteiger charge is 2.20. The first-order chi connectivity index (χ1) is 10.7. The molecule has 2 aromatic rings. The van der Waals surface area contributed by atoms with E-state index < -0.39 is 0 Å². The minimum atomic E-state index is 0.0462. The van der Waals surface area contributed by atoms with E-state index in [-0.39, 0.29) is 6.61 Å². The van der Waals surface area contributed by atoms with Crippen molar-refractivity contribution in [1.82, 2.24) is 15.1 Å². The fourth-order valence-electron chi connectivity index (χ4n) is 2.59. The normalized spacial score (nSPS) is 14.5. The van der Waals surface area contributed by atoms with Crippen LogP contribution < -0.4 is 0 Å². The van der Waals surface area contributed by atoms with Gasteiger partial charge in [0.25, 0.3) is 5.89 Å². The summed E-state index contributed by atoms with van der Waals surface area (Å²) in [6.45, 7) is 5.96. The highest BCUT2D eigenvalue weighted by Crippen LogP contribution is 2.22. The van der Waals surface area contributed by atoms with Gasteiger partial charge in [0, 0.05) is 25.1 Å². The molecule has 0 bridgehead atoms. The van der Waals surface area contributed by atoms with Crippen LogP contribution in [-0.4, -0.2) is 39.1 Å². The number of aliphatic hydroxyl groups is 1. The minimum Gasteiger partial charge on any atom is -0.392 e. The van der Waals surface area contributed by atoms with Crippen LogP contribution in [0.5, 0.6) is 0 Å². The molecule has 0 atom stereocenters. The first-order valence-corrected chi connectivity index (χ1v) is 7.64. The third-order valence-corrected chi connectivity index (χ3v) is 3.92. The average Bonchev–Trinajstić information content (AvgIpc) is 3.22. The van der Waals surface area contributed by atoms with Crippen LogP contribution in [0, 0.1) is 0 Å². The second-order valence-electron chi connectivity index (χ2n) is 5.26. The van der Waals surface area contributed by atoms with Crippen LogP contribution in [0.2, 0.25) is 0 Å². The van der Waals surface area contributed by atoms with Crippen LogP contribution in [0.3, 0.4) is 0 Å². The van der Waals surface area contributed by atoms with Gasteiger partial charge in [0.2, 0.25) is 5.82 Å². The third kappa shape index (κ3) is 2.74. The van der Waals surface area contributed by atoms with Gasteiger partial charge >= 0.3 is 0 Å². The molecule has 2 heterocycles. The number of rotatable bonds is 5. The highest BCUT2D eigenvalue weighted by atomic mass is 16.5. The standard InChI is InChI=1S/C16H20N4O2/c1-3-11-9-12(5-6-13(11)10-21)15-17-16(22-19-15)14-7-8-20(4-2)18-14/h5-6,9,21H,3-4,7-8,10H2,1-2H3. The number of hydrogen-bond acceptors (Lipinski definition) is 6. The van der Waals surface area contributed by atoms with Crippen molar-refractivity contribution < 1.29 is 9.63 Å². The highest BCUT2D eigenvalue weighted by molar-refractivity contribution is 5.97. The predicted molar refractivity (Wildman–Crippen MR) is 83.4 cm³/mol. The summed E-state index contributed by atoms with van der Waals surface area (Å²) in [7, 11) is 0. The molecular formula is C16H20N4O2. The molecule has 1 aromatic heterocycles. The maximum Gasteiger partial charge on any atom is 0.274 e. The molecule has 6 nitrogen and oxygen atoms in total. The number of nitrogens with zero attached hydrogens (tertiary/aromatic N) is 4. The quantitative estimate of drug-likeness (QED) is 0.916. The van der Waals surface area contributed by atoms with E-state index in [0.717, 1.165) is 48.3 Å². The lowest BCUT2D eigenvalue weighted by atomic mass is 10.0. The molecule has 0 spiro atoms. The number of hydrogen-bond donors (Lipinski definition) is 1. The number of aryl methyl sites for hydroxylation is 1. The van der Waals surface area contributed by atoms with E-state index in [1.807, 2.05) is 23.2 Å². The summed E-state index contributed by atoms with van der Waals surface area (Å²) in [5.41, 5.74) is 3.79. The molecular weight excluding hydrogens is 280 g/mol. The van der Waals surface area contributed by atoms with Crippen molar-refractivity contribution in [3.05, 3.63) is 35.2 Å². The van der Waals surface area contributed by atoms with Gasteiger partial charge in [-0.25, -0.2) is 0 Å². The number of benzene rings is 1. The van der Waals surface area contributed by atoms with E-state index >= 15 is 0 Å². The summed E-state index contributed by atoms with van der Waals surface area (Å²) >= 11 is 0. The van der Waals surface area contributed by atoms with Gasteiger partial charge in [-0.3, -0.25) is 5.01 Å². The van der Waals surface area contributed by atoms with E-state index in [1.54, 1.807) is 0 Å². The Bertz CT molecular complexity index is 693. The molecule has 0 unspecified atom stereocenters. The van der Waals surface area contributed by atoms with E-state index in [0.29, 0.717) is 11.7 Å². The lowest BCUT2D eigenvalue weighted by Gasteiger charge is -2.07. The van der Waals surface area contributed by atoms with Crippen molar-refractivity contribution >= 4 is 5.71 Å². The SMILES string of the molecule is CCc1cc(-c2noc(C3=NN(CC)CC3)n2)ccc1CO. The van der Waals surface area contributed by atoms with Gasteiger partial charge in [0.15, 0.2) is 0 Å². The molecule has 0 amide bonds. The van der Waals surface area contributed by atoms with Gasteiger partial charge in [-0.05, 0) is 30.5 Å². The molecule has 1 aliphatic rings. The van der Waals surface area contributed by atoms with Crippen LogP contribution >= 0.6 is 0 Å². The van der Waals surface area contributed by atoms with Gasteiger partial charge in [-0.15, -0.1) is 0 Å². The van der Waals surface area contributed by atoms with Crippen molar-refractivity contribution in [2.45, 2.75) is 33.3 Å². The predicted octanol–water partition coefficient (Wildman–Crippen LogP) is 2.22. The lowest BCUT2D eigenvalue weighted by molar-refractivity contribution is 0.280. The molecule has 0 fully saturated rings. The third-order valence-electron chi connectivity index (χ3n) is 3.92. The second-order valence-corrected chi connectivity index (χ2v) is 5.26. The number of hydrazone groups is 1. The topological polar surface area (TPSA) is 74.8 Å². The number of aromatic nitrogens is 2. The van der Waals surface area contributed by atoms with Gasteiger partial charge < -0.3 is 9.63 Å². The fourth-order valence-corrected chi connectivity index (χ4v) is 2.59. The van der Waals surface area contributed by atoms with Crippen LogP contribution in [0.1, 0.15) is 37.3 Å². The Morgan fingerprint density at radius 1 is 1.27 bits per heavy atom. The summed E-state index contributed by atoms with van der Waals surface area (Å²) in [5.74, 6) is 1.06. The Morgan fingerprint density at radius 2 is 2.14 bits per heavy atom. The van der Waals surface area contributed by atoms with Gasteiger partial charge in [0.1, 0.15) is 5.71 Å². The van der Waals surface area contributed by atoms with Crippen LogP contribution in [0.25, 0.3) is 11.4 Å². The van der Waals surface area contributed by atoms with Gasteiger partial charge in [-0.1, -0.05) is 24.2 Å². The lowest BCUT2D eigenvalue weighted by Crippen LogP contribution is -2.11. The Labute approximate surface area is 129 Å².